The number of carbonyl (C=O) groups is 4. The first-order chi connectivity index (χ1) is 19.9. The molecule has 1 aliphatic carbocycles. The van der Waals surface area contributed by atoms with Gasteiger partial charge in [-0.3, -0.25) is 14.4 Å². The summed E-state index contributed by atoms with van der Waals surface area (Å²) in [5.41, 5.74) is -0.732. The molecule has 43 heavy (non-hydrogen) atoms. The maximum atomic E-state index is 13.5. The van der Waals surface area contributed by atoms with Crippen molar-refractivity contribution in [2.24, 2.45) is 17.8 Å². The van der Waals surface area contributed by atoms with Crippen molar-refractivity contribution in [1.29, 1.82) is 0 Å². The van der Waals surface area contributed by atoms with Crippen molar-refractivity contribution < 1.29 is 34.1 Å². The van der Waals surface area contributed by atoms with Crippen LogP contribution in [0.15, 0.2) is 0 Å². The van der Waals surface area contributed by atoms with Gasteiger partial charge < -0.3 is 36.2 Å². The molecule has 1 fully saturated rings. The van der Waals surface area contributed by atoms with E-state index >= 15 is 0 Å². The number of thioether (sulfide) groups is 1. The molecule has 1 rings (SSSR count). The van der Waals surface area contributed by atoms with Crippen LogP contribution >= 0.6 is 11.8 Å². The normalized spacial score (nSPS) is 20.9. The Morgan fingerprint density at radius 3 is 2.07 bits per heavy atom. The zero-order valence-electron chi connectivity index (χ0n) is 27.7. The minimum absolute atomic E-state index is 0.128. The second kappa shape index (κ2) is 18.7. The highest BCUT2D eigenvalue weighted by atomic mass is 32.2. The van der Waals surface area contributed by atoms with E-state index in [1.54, 1.807) is 41.5 Å². The molecule has 11 nitrogen and oxygen atoms in total. The largest absolute Gasteiger partial charge is 0.444 e. The molecule has 0 saturated heterocycles. The molecule has 7 atom stereocenters. The van der Waals surface area contributed by atoms with Crippen LogP contribution in [0.25, 0.3) is 0 Å². The van der Waals surface area contributed by atoms with Crippen LogP contribution in [0.2, 0.25) is 0 Å². The van der Waals surface area contributed by atoms with Crippen LogP contribution in [0, 0.1) is 17.8 Å². The minimum atomic E-state index is -1.00. The molecule has 1 saturated carbocycles. The van der Waals surface area contributed by atoms with E-state index < -0.39 is 59.8 Å². The smallest absolute Gasteiger partial charge is 0.408 e. The Bertz CT molecular complexity index is 896. The Balaban J connectivity index is 2.96. The third-order valence-electron chi connectivity index (χ3n) is 7.48. The predicted molar refractivity (Wildman–Crippen MR) is 171 cm³/mol. The molecule has 250 valence electrons. The van der Waals surface area contributed by atoms with Crippen molar-refractivity contribution in [3.8, 4) is 0 Å². The fraction of sp³-hybridized carbons (Fsp3) is 0.871. The second-order valence-corrected chi connectivity index (χ2v) is 14.6. The van der Waals surface area contributed by atoms with Crippen molar-refractivity contribution in [3.05, 3.63) is 0 Å². The summed E-state index contributed by atoms with van der Waals surface area (Å²) in [5.74, 6) is -1.23. The fourth-order valence-electron chi connectivity index (χ4n) is 5.08. The van der Waals surface area contributed by atoms with E-state index in [4.69, 9.17) is 4.74 Å². The first kappa shape index (κ1) is 39.0. The highest BCUT2D eigenvalue weighted by molar-refractivity contribution is 7.98. The van der Waals surface area contributed by atoms with Gasteiger partial charge in [-0.2, -0.15) is 11.8 Å². The summed E-state index contributed by atoms with van der Waals surface area (Å²) in [7, 11) is 0. The summed E-state index contributed by atoms with van der Waals surface area (Å²) < 4.78 is 5.32. The zero-order valence-corrected chi connectivity index (χ0v) is 28.5. The van der Waals surface area contributed by atoms with E-state index in [9.17, 15) is 29.4 Å². The number of alkyl carbamates (subject to hydrolysis) is 1. The highest BCUT2D eigenvalue weighted by Crippen LogP contribution is 2.21. The van der Waals surface area contributed by atoms with Crippen LogP contribution in [0.5, 0.6) is 0 Å². The first-order valence-electron chi connectivity index (χ1n) is 15.7. The lowest BCUT2D eigenvalue weighted by molar-refractivity contribution is -0.131. The van der Waals surface area contributed by atoms with E-state index in [1.807, 2.05) is 20.1 Å². The average molecular weight is 631 g/mol. The van der Waals surface area contributed by atoms with Gasteiger partial charge in [-0.1, -0.05) is 47.5 Å². The summed E-state index contributed by atoms with van der Waals surface area (Å²) in [6.07, 6.45) is 3.84. The van der Waals surface area contributed by atoms with Crippen molar-refractivity contribution in [2.45, 2.75) is 142 Å². The molecular formula is C31H58N4O7S. The zero-order chi connectivity index (χ0) is 32.9. The molecule has 0 spiro atoms. The summed E-state index contributed by atoms with van der Waals surface area (Å²) >= 11 is 1.54. The van der Waals surface area contributed by atoms with Crippen molar-refractivity contribution >= 4 is 35.6 Å². The Morgan fingerprint density at radius 1 is 0.907 bits per heavy atom. The lowest BCUT2D eigenvalue weighted by atomic mass is 9.90. The van der Waals surface area contributed by atoms with E-state index in [2.05, 4.69) is 21.3 Å². The highest BCUT2D eigenvalue weighted by Gasteiger charge is 2.33. The van der Waals surface area contributed by atoms with Gasteiger partial charge in [0.05, 0.1) is 24.3 Å². The molecule has 12 heteroatoms. The fourth-order valence-corrected chi connectivity index (χ4v) is 5.55. The van der Waals surface area contributed by atoms with Crippen LogP contribution in [-0.4, -0.2) is 88.0 Å². The molecule has 1 aliphatic rings. The number of ether oxygens (including phenoxy) is 1. The Hall–Kier alpha value is -2.05. The SMILES string of the molecule is CSCC[C@H](NC(=O)[C@@H](NC(=O)OC(C)(C)C)C(C)C)C(=O)N[C@@H](CC(C)C)[C@@H](O)C[C@@H](C)C(=O)NC1CCCC[C@@H]1O. The third kappa shape index (κ3) is 15.0. The summed E-state index contributed by atoms with van der Waals surface area (Å²) in [4.78, 5) is 52.1. The monoisotopic (exact) mass is 630 g/mol. The Labute approximate surface area is 262 Å². The Morgan fingerprint density at radius 2 is 1.53 bits per heavy atom. The maximum Gasteiger partial charge on any atom is 0.408 e. The standard InChI is InChI=1S/C31H58N4O7S/c1-18(2)16-23(25(37)17-20(5)27(38)32-21-12-10-11-13-24(21)36)34-28(39)22(14-15-43-9)33-29(40)26(19(3)4)35-30(41)42-31(6,7)8/h18-26,36-37H,10-17H2,1-9H3,(H,32,38)(H,33,40)(H,34,39)(H,35,41)/t20-,21?,22+,23+,24+,25+,26+/m1/s1. The molecule has 0 aromatic rings. The van der Waals surface area contributed by atoms with E-state index in [0.29, 0.717) is 25.0 Å². The Kier molecular flexibility index (Phi) is 16.9. The average Bonchev–Trinajstić information content (AvgIpc) is 2.88. The molecule has 1 unspecified atom stereocenters. The molecule has 0 aromatic heterocycles. The topological polar surface area (TPSA) is 166 Å². The van der Waals surface area contributed by atoms with Crippen LogP contribution < -0.4 is 21.3 Å². The lowest BCUT2D eigenvalue weighted by Crippen LogP contribution is -2.58. The maximum absolute atomic E-state index is 13.5. The summed E-state index contributed by atoms with van der Waals surface area (Å²) in [6.45, 7) is 14.5. The molecule has 0 bridgehead atoms. The van der Waals surface area contributed by atoms with Gasteiger partial charge in [0.2, 0.25) is 17.7 Å². The first-order valence-corrected chi connectivity index (χ1v) is 17.1. The van der Waals surface area contributed by atoms with Crippen molar-refractivity contribution in [1.82, 2.24) is 21.3 Å². The van der Waals surface area contributed by atoms with Gasteiger partial charge in [-0.05, 0) is 76.7 Å². The molecule has 0 aromatic carbocycles. The number of hydrogen-bond donors (Lipinski definition) is 6. The van der Waals surface area contributed by atoms with E-state index in [0.717, 1.165) is 19.3 Å². The molecular weight excluding hydrogens is 572 g/mol. The summed E-state index contributed by atoms with van der Waals surface area (Å²) in [6, 6.07) is -2.74. The third-order valence-corrected chi connectivity index (χ3v) is 8.13. The number of amides is 4. The van der Waals surface area contributed by atoms with Crippen LogP contribution in [0.4, 0.5) is 4.79 Å². The van der Waals surface area contributed by atoms with Gasteiger partial charge in [0.25, 0.3) is 0 Å². The predicted octanol–water partition coefficient (Wildman–Crippen LogP) is 3.11. The molecule has 0 heterocycles. The molecule has 0 radical (unpaired) electrons. The molecule has 6 N–H and O–H groups in total. The number of aliphatic hydroxyl groups is 2. The number of hydrogen-bond acceptors (Lipinski definition) is 8. The molecule has 0 aliphatic heterocycles. The number of carbonyl (C=O) groups excluding carboxylic acids is 4. The van der Waals surface area contributed by atoms with Gasteiger partial charge in [0.1, 0.15) is 17.7 Å². The van der Waals surface area contributed by atoms with Crippen molar-refractivity contribution in [2.75, 3.05) is 12.0 Å². The van der Waals surface area contributed by atoms with Gasteiger partial charge in [-0.25, -0.2) is 4.79 Å². The van der Waals surface area contributed by atoms with Crippen LogP contribution in [-0.2, 0) is 19.1 Å². The lowest BCUT2D eigenvalue weighted by Gasteiger charge is -2.32. The van der Waals surface area contributed by atoms with Gasteiger partial charge in [-0.15, -0.1) is 0 Å². The van der Waals surface area contributed by atoms with Gasteiger partial charge >= 0.3 is 6.09 Å². The van der Waals surface area contributed by atoms with E-state index in [-0.39, 0.29) is 30.2 Å². The van der Waals surface area contributed by atoms with Crippen molar-refractivity contribution in [3.63, 3.8) is 0 Å². The quantitative estimate of drug-likeness (QED) is 0.151. The number of aliphatic hydroxyl groups excluding tert-OH is 2. The van der Waals surface area contributed by atoms with E-state index in [1.165, 1.54) is 11.8 Å². The summed E-state index contributed by atoms with van der Waals surface area (Å²) in [5, 5.41) is 32.7. The minimum Gasteiger partial charge on any atom is -0.444 e. The second-order valence-electron chi connectivity index (χ2n) is 13.6. The van der Waals surface area contributed by atoms with Gasteiger partial charge in [0.15, 0.2) is 0 Å². The van der Waals surface area contributed by atoms with Crippen LogP contribution in [0.3, 0.4) is 0 Å². The number of rotatable bonds is 16. The number of nitrogens with one attached hydrogen (secondary N) is 4. The van der Waals surface area contributed by atoms with Gasteiger partial charge in [0, 0.05) is 5.92 Å². The van der Waals surface area contributed by atoms with Crippen LogP contribution in [0.1, 0.15) is 100 Å². The molecule has 4 amide bonds.